The number of aromatic nitrogens is 2. The second-order valence-corrected chi connectivity index (χ2v) is 2.51. The molecule has 0 unspecified atom stereocenters. The maximum atomic E-state index is 12.7. The lowest BCUT2D eigenvalue weighted by Crippen LogP contribution is -1.81. The summed E-state index contributed by atoms with van der Waals surface area (Å²) in [4.78, 5) is 0.391. The molecule has 56 valence electrons. The summed E-state index contributed by atoms with van der Waals surface area (Å²) in [5, 5.41) is 4.38. The maximum Gasteiger partial charge on any atom is 0.104 e. The van der Waals surface area contributed by atoms with E-state index in [1.807, 2.05) is 19.1 Å². The van der Waals surface area contributed by atoms with Gasteiger partial charge in [-0.3, -0.25) is 0 Å². The van der Waals surface area contributed by atoms with E-state index in [0.717, 1.165) is 10.9 Å². The molecule has 0 spiro atoms. The summed E-state index contributed by atoms with van der Waals surface area (Å²) in [6.45, 7) is 1.93. The summed E-state index contributed by atoms with van der Waals surface area (Å²) in [5.74, 6) is 0. The molecule has 0 aliphatic rings. The Morgan fingerprint density at radius 2 is 2.27 bits per heavy atom. The van der Waals surface area contributed by atoms with Crippen molar-refractivity contribution in [2.45, 2.75) is 6.92 Å². The molecule has 0 atom stereocenters. The van der Waals surface area contributed by atoms with Crippen LogP contribution in [0.3, 0.4) is 0 Å². The van der Waals surface area contributed by atoms with Crippen molar-refractivity contribution < 1.29 is 4.48 Å². The minimum Gasteiger partial charge on any atom is -0.150 e. The Kier molecular flexibility index (Phi) is 1.18. The van der Waals surface area contributed by atoms with Crippen molar-refractivity contribution in [3.63, 3.8) is 0 Å². The first-order valence-corrected chi connectivity index (χ1v) is 3.38. The normalized spacial score (nSPS) is 10.7. The Balaban J connectivity index is 2.94. The van der Waals surface area contributed by atoms with Crippen LogP contribution in [0, 0.1) is 6.92 Å². The van der Waals surface area contributed by atoms with Crippen molar-refractivity contribution in [3.8, 4) is 0 Å². The molecule has 0 fully saturated rings. The molecule has 2 aromatic rings. The van der Waals surface area contributed by atoms with Crippen molar-refractivity contribution in [1.29, 1.82) is 0 Å². The van der Waals surface area contributed by atoms with Gasteiger partial charge in [0.2, 0.25) is 0 Å². The van der Waals surface area contributed by atoms with Crippen LogP contribution < -0.4 is 0 Å². The van der Waals surface area contributed by atoms with Gasteiger partial charge in [0.25, 0.3) is 0 Å². The van der Waals surface area contributed by atoms with Crippen LogP contribution in [0.5, 0.6) is 0 Å². The summed E-state index contributed by atoms with van der Waals surface area (Å²) >= 11 is 0. The van der Waals surface area contributed by atoms with Gasteiger partial charge in [-0.05, 0) is 18.6 Å². The molecule has 0 radical (unpaired) electrons. The Hall–Kier alpha value is -1.38. The van der Waals surface area contributed by atoms with Gasteiger partial charge in [0, 0.05) is 5.39 Å². The van der Waals surface area contributed by atoms with E-state index in [-0.39, 0.29) is 0 Å². The van der Waals surface area contributed by atoms with E-state index in [0.29, 0.717) is 10.4 Å². The van der Waals surface area contributed by atoms with Crippen molar-refractivity contribution in [2.75, 3.05) is 0 Å². The molecule has 0 amide bonds. The summed E-state index contributed by atoms with van der Waals surface area (Å²) in [5.41, 5.74) is 1.58. The van der Waals surface area contributed by atoms with Gasteiger partial charge in [0.05, 0.1) is 6.20 Å². The molecule has 0 saturated heterocycles. The molecule has 0 aliphatic heterocycles. The number of hydrogen-bond acceptors (Lipinski definition) is 1. The maximum absolute atomic E-state index is 12.7. The van der Waals surface area contributed by atoms with Crippen molar-refractivity contribution >= 4 is 10.9 Å². The van der Waals surface area contributed by atoms with Gasteiger partial charge in [0.15, 0.2) is 0 Å². The van der Waals surface area contributed by atoms with Gasteiger partial charge in [-0.2, -0.15) is 0 Å². The van der Waals surface area contributed by atoms with E-state index in [4.69, 9.17) is 0 Å². The van der Waals surface area contributed by atoms with Gasteiger partial charge in [0.1, 0.15) is 5.52 Å². The molecule has 0 N–H and O–H groups in total. The highest BCUT2D eigenvalue weighted by molar-refractivity contribution is 5.81. The van der Waals surface area contributed by atoms with Crippen LogP contribution in [-0.2, 0) is 0 Å². The second-order valence-electron chi connectivity index (χ2n) is 2.51. The molecule has 1 aromatic heterocycles. The lowest BCUT2D eigenvalue weighted by Gasteiger charge is -1.92. The summed E-state index contributed by atoms with van der Waals surface area (Å²) in [6.07, 6.45) is 1.53. The van der Waals surface area contributed by atoms with Crippen LogP contribution >= 0.6 is 0 Å². The van der Waals surface area contributed by atoms with E-state index in [1.54, 1.807) is 6.07 Å². The number of halogens is 1. The highest BCUT2D eigenvalue weighted by Crippen LogP contribution is 2.16. The molecule has 0 aliphatic carbocycles. The summed E-state index contributed by atoms with van der Waals surface area (Å²) in [7, 11) is 0. The molecule has 2 nitrogen and oxygen atoms in total. The number of hydrogen-bond donors (Lipinski definition) is 0. The van der Waals surface area contributed by atoms with Gasteiger partial charge >= 0.3 is 0 Å². The number of benzene rings is 1. The Morgan fingerprint density at radius 1 is 1.45 bits per heavy atom. The average Bonchev–Trinajstić information content (AvgIpc) is 2.35. The fourth-order valence-corrected chi connectivity index (χ4v) is 1.16. The highest BCUT2D eigenvalue weighted by Gasteiger charge is 2.01. The quantitative estimate of drug-likeness (QED) is 0.562. The topological polar surface area (TPSA) is 17.8 Å². The van der Waals surface area contributed by atoms with E-state index < -0.39 is 0 Å². The minimum atomic E-state index is 0.391. The van der Waals surface area contributed by atoms with E-state index in [1.165, 1.54) is 6.20 Å². The Labute approximate surface area is 63.2 Å². The molecule has 1 aromatic carbocycles. The molecule has 1 heterocycles. The van der Waals surface area contributed by atoms with Gasteiger partial charge in [-0.15, -0.1) is 5.10 Å². The van der Waals surface area contributed by atoms with Crippen molar-refractivity contribution in [2.24, 2.45) is 0 Å². The Morgan fingerprint density at radius 3 is 3.00 bits per heavy atom. The van der Waals surface area contributed by atoms with Crippen molar-refractivity contribution in [1.82, 2.24) is 10.0 Å². The van der Waals surface area contributed by atoms with Crippen LogP contribution in [0.15, 0.2) is 24.4 Å². The first kappa shape index (κ1) is 6.34. The lowest BCUT2D eigenvalue weighted by atomic mass is 10.1. The second kappa shape index (κ2) is 2.05. The molecular weight excluding hydrogens is 143 g/mol. The highest BCUT2D eigenvalue weighted by atomic mass is 19.2. The van der Waals surface area contributed by atoms with Gasteiger partial charge < -0.3 is 0 Å². The van der Waals surface area contributed by atoms with Gasteiger partial charge in [-0.25, -0.2) is 0 Å². The SMILES string of the molecule is Cc1cccc2c1cnn2F. The summed E-state index contributed by atoms with van der Waals surface area (Å²) < 4.78 is 12.7. The zero-order valence-electron chi connectivity index (χ0n) is 6.08. The van der Waals surface area contributed by atoms with Crippen LogP contribution in [0.1, 0.15) is 5.56 Å². The predicted molar refractivity (Wildman–Crippen MR) is 41.0 cm³/mol. The average molecular weight is 150 g/mol. The number of fused-ring (bicyclic) bond motifs is 1. The number of rotatable bonds is 0. The fraction of sp³-hybridized carbons (Fsp3) is 0.125. The largest absolute Gasteiger partial charge is 0.150 e. The first-order chi connectivity index (χ1) is 5.29. The van der Waals surface area contributed by atoms with Crippen LogP contribution in [-0.4, -0.2) is 10.0 Å². The monoisotopic (exact) mass is 150 g/mol. The summed E-state index contributed by atoms with van der Waals surface area (Å²) in [6, 6.07) is 5.45. The fourth-order valence-electron chi connectivity index (χ4n) is 1.16. The molecule has 3 heteroatoms. The standard InChI is InChI=1S/C8H7FN2/c1-6-3-2-4-8-7(6)5-10-11(8)9/h2-5H,1H3. The van der Waals surface area contributed by atoms with E-state index in [2.05, 4.69) is 5.10 Å². The third-order valence-electron chi connectivity index (χ3n) is 1.79. The third kappa shape index (κ3) is 0.808. The smallest absolute Gasteiger partial charge is 0.104 e. The number of aryl methyl sites for hydroxylation is 1. The van der Waals surface area contributed by atoms with Crippen molar-refractivity contribution in [3.05, 3.63) is 30.0 Å². The predicted octanol–water partition coefficient (Wildman–Crippen LogP) is 2.08. The minimum absolute atomic E-state index is 0.391. The van der Waals surface area contributed by atoms with Crippen LogP contribution in [0.2, 0.25) is 0 Å². The molecule has 2 rings (SSSR count). The number of nitrogens with zero attached hydrogens (tertiary/aromatic N) is 2. The third-order valence-corrected chi connectivity index (χ3v) is 1.79. The molecule has 0 bridgehead atoms. The van der Waals surface area contributed by atoms with Gasteiger partial charge in [-0.1, -0.05) is 21.5 Å². The van der Waals surface area contributed by atoms with E-state index >= 15 is 0 Å². The lowest BCUT2D eigenvalue weighted by molar-refractivity contribution is 0.332. The van der Waals surface area contributed by atoms with Crippen LogP contribution in [0.25, 0.3) is 10.9 Å². The zero-order valence-corrected chi connectivity index (χ0v) is 6.08. The Bertz CT molecular complexity index is 392. The molecular formula is C8H7FN2. The molecule has 11 heavy (non-hydrogen) atoms. The zero-order chi connectivity index (χ0) is 7.84. The molecule has 0 saturated carbocycles. The van der Waals surface area contributed by atoms with Crippen LogP contribution in [0.4, 0.5) is 4.48 Å². The first-order valence-electron chi connectivity index (χ1n) is 3.38. The van der Waals surface area contributed by atoms with E-state index in [9.17, 15) is 4.48 Å².